The fourth-order valence-corrected chi connectivity index (χ4v) is 3.09. The molecule has 28 heavy (non-hydrogen) atoms. The fourth-order valence-electron chi connectivity index (χ4n) is 3.09. The molecular weight excluding hydrogens is 354 g/mol. The Morgan fingerprint density at radius 3 is 2.36 bits per heavy atom. The third kappa shape index (κ3) is 4.43. The number of benzene rings is 2. The van der Waals surface area contributed by atoms with E-state index in [0.717, 1.165) is 11.8 Å². The Morgan fingerprint density at radius 2 is 1.71 bits per heavy atom. The number of likely N-dealkylation sites (N-methyl/N-ethyl adjacent to an activating group) is 1. The molecule has 148 valence electrons. The minimum absolute atomic E-state index is 0.285. The summed E-state index contributed by atoms with van der Waals surface area (Å²) in [5.41, 5.74) is 8.16. The zero-order valence-corrected chi connectivity index (χ0v) is 16.8. The smallest absolute Gasteiger partial charge is 0.225 e. The van der Waals surface area contributed by atoms with E-state index in [2.05, 4.69) is 58.5 Å². The van der Waals surface area contributed by atoms with E-state index in [1.54, 1.807) is 20.3 Å². The number of aromatic nitrogens is 2. The summed E-state index contributed by atoms with van der Waals surface area (Å²) in [6.07, 6.45) is 0.926. The van der Waals surface area contributed by atoms with E-state index >= 15 is 0 Å². The molecule has 1 heterocycles. The zero-order chi connectivity index (χ0) is 20.1. The summed E-state index contributed by atoms with van der Waals surface area (Å²) in [6.45, 7) is 0.695. The molecule has 2 aromatic carbocycles. The molecule has 3 N–H and O–H groups in total. The predicted octanol–water partition coefficient (Wildman–Crippen LogP) is 2.81. The number of ether oxygens (including phenoxy) is 2. The van der Waals surface area contributed by atoms with Gasteiger partial charge in [0.25, 0.3) is 0 Å². The van der Waals surface area contributed by atoms with E-state index in [-0.39, 0.29) is 6.04 Å². The van der Waals surface area contributed by atoms with Gasteiger partial charge in [-0.25, -0.2) is 4.98 Å². The van der Waals surface area contributed by atoms with Crippen molar-refractivity contribution in [3.8, 4) is 11.5 Å². The number of nitrogen functional groups attached to an aromatic ring is 1. The van der Waals surface area contributed by atoms with Gasteiger partial charge in [0, 0.05) is 24.0 Å². The lowest BCUT2D eigenvalue weighted by Crippen LogP contribution is -2.36. The minimum atomic E-state index is 0.285. The van der Waals surface area contributed by atoms with Crippen LogP contribution in [-0.2, 0) is 6.42 Å². The van der Waals surface area contributed by atoms with Gasteiger partial charge in [0.2, 0.25) is 5.95 Å². The number of nitrogens with two attached hydrogens (primary N) is 1. The summed E-state index contributed by atoms with van der Waals surface area (Å²) in [5.74, 6) is 2.10. The van der Waals surface area contributed by atoms with E-state index in [9.17, 15) is 0 Å². The number of fused-ring (bicyclic) bond motifs is 1. The highest BCUT2D eigenvalue weighted by Crippen LogP contribution is 2.33. The van der Waals surface area contributed by atoms with Crippen LogP contribution in [0.3, 0.4) is 0 Å². The van der Waals surface area contributed by atoms with Crippen molar-refractivity contribution in [2.24, 2.45) is 0 Å². The van der Waals surface area contributed by atoms with Crippen molar-refractivity contribution in [3.05, 3.63) is 48.0 Å². The Labute approximate surface area is 165 Å². The highest BCUT2D eigenvalue weighted by molar-refractivity contribution is 5.91. The normalized spacial score (nSPS) is 12.2. The van der Waals surface area contributed by atoms with E-state index in [1.807, 2.05) is 12.1 Å². The molecule has 0 amide bonds. The standard InChI is InChI=1S/C21H27N5O2/c1-26(2)15(10-14-8-6-5-7-9-14)13-23-21-24-17-12-19(28-4)18(27-3)11-16(17)20(22)25-21/h5-9,11-12,15H,10,13H2,1-4H3,(H3,22,23,24,25). The molecule has 0 bridgehead atoms. The average Bonchev–Trinajstić information content (AvgIpc) is 2.70. The summed E-state index contributed by atoms with van der Waals surface area (Å²) in [7, 11) is 7.33. The van der Waals surface area contributed by atoms with Crippen LogP contribution >= 0.6 is 0 Å². The van der Waals surface area contributed by atoms with Crippen LogP contribution in [0.5, 0.6) is 11.5 Å². The van der Waals surface area contributed by atoms with Crippen LogP contribution < -0.4 is 20.5 Å². The first-order chi connectivity index (χ1) is 13.5. The van der Waals surface area contributed by atoms with Crippen LogP contribution in [0.2, 0.25) is 0 Å². The summed E-state index contributed by atoms with van der Waals surface area (Å²) < 4.78 is 10.7. The maximum atomic E-state index is 6.16. The van der Waals surface area contributed by atoms with Gasteiger partial charge < -0.3 is 25.4 Å². The number of hydrogen-bond donors (Lipinski definition) is 2. The van der Waals surface area contributed by atoms with Crippen LogP contribution in [0, 0.1) is 0 Å². The first-order valence-corrected chi connectivity index (χ1v) is 9.15. The quantitative estimate of drug-likeness (QED) is 0.620. The molecule has 0 radical (unpaired) electrons. The van der Waals surface area contributed by atoms with Gasteiger partial charge in [-0.15, -0.1) is 0 Å². The molecule has 0 aliphatic heterocycles. The lowest BCUT2D eigenvalue weighted by atomic mass is 10.1. The predicted molar refractivity (Wildman–Crippen MR) is 113 cm³/mol. The Kier molecular flexibility index (Phi) is 6.16. The molecule has 3 rings (SSSR count). The van der Waals surface area contributed by atoms with Gasteiger partial charge in [0.1, 0.15) is 5.82 Å². The molecular formula is C21H27N5O2. The van der Waals surface area contributed by atoms with Crippen molar-refractivity contribution < 1.29 is 9.47 Å². The highest BCUT2D eigenvalue weighted by atomic mass is 16.5. The Morgan fingerprint density at radius 1 is 1.04 bits per heavy atom. The largest absolute Gasteiger partial charge is 0.493 e. The molecule has 0 aliphatic carbocycles. The number of nitrogens with one attached hydrogen (secondary N) is 1. The second-order valence-electron chi connectivity index (χ2n) is 6.84. The van der Waals surface area contributed by atoms with Gasteiger partial charge in [-0.2, -0.15) is 4.98 Å². The van der Waals surface area contributed by atoms with E-state index in [4.69, 9.17) is 15.2 Å². The van der Waals surface area contributed by atoms with E-state index < -0.39 is 0 Å². The zero-order valence-electron chi connectivity index (χ0n) is 16.8. The summed E-state index contributed by atoms with van der Waals surface area (Å²) in [4.78, 5) is 11.2. The second kappa shape index (κ2) is 8.75. The van der Waals surface area contributed by atoms with Crippen molar-refractivity contribution in [2.75, 3.05) is 45.9 Å². The van der Waals surface area contributed by atoms with Crippen molar-refractivity contribution in [2.45, 2.75) is 12.5 Å². The molecule has 0 fully saturated rings. The Balaban J connectivity index is 1.80. The fraction of sp³-hybridized carbons (Fsp3) is 0.333. The highest BCUT2D eigenvalue weighted by Gasteiger charge is 2.15. The Hall–Kier alpha value is -3.06. The maximum absolute atomic E-state index is 6.16. The first kappa shape index (κ1) is 19.7. The van der Waals surface area contributed by atoms with Crippen LogP contribution in [0.4, 0.5) is 11.8 Å². The van der Waals surface area contributed by atoms with Gasteiger partial charge in [-0.3, -0.25) is 0 Å². The lowest BCUT2D eigenvalue weighted by Gasteiger charge is -2.25. The number of nitrogens with zero attached hydrogens (tertiary/aromatic N) is 3. The van der Waals surface area contributed by atoms with E-state index in [1.165, 1.54) is 5.56 Å². The number of methoxy groups -OCH3 is 2. The number of hydrogen-bond acceptors (Lipinski definition) is 7. The maximum Gasteiger partial charge on any atom is 0.225 e. The molecule has 0 spiro atoms. The molecule has 3 aromatic rings. The SMILES string of the molecule is COc1cc2nc(NCC(Cc3ccccc3)N(C)C)nc(N)c2cc1OC. The van der Waals surface area contributed by atoms with Gasteiger partial charge in [0.15, 0.2) is 11.5 Å². The average molecular weight is 381 g/mol. The number of rotatable bonds is 8. The van der Waals surface area contributed by atoms with Crippen LogP contribution in [0.25, 0.3) is 10.9 Å². The van der Waals surface area contributed by atoms with E-state index in [0.29, 0.717) is 35.3 Å². The third-order valence-corrected chi connectivity index (χ3v) is 4.77. The summed E-state index contributed by atoms with van der Waals surface area (Å²) in [5, 5.41) is 4.06. The number of anilines is 2. The van der Waals surface area contributed by atoms with Crippen LogP contribution in [0.1, 0.15) is 5.56 Å². The molecule has 7 nitrogen and oxygen atoms in total. The molecule has 1 aromatic heterocycles. The summed E-state index contributed by atoms with van der Waals surface area (Å²) >= 11 is 0. The molecule has 1 atom stereocenters. The molecule has 0 saturated heterocycles. The summed E-state index contributed by atoms with van der Waals surface area (Å²) in [6, 6.07) is 14.3. The minimum Gasteiger partial charge on any atom is -0.493 e. The molecule has 0 saturated carbocycles. The monoisotopic (exact) mass is 381 g/mol. The van der Waals surface area contributed by atoms with Gasteiger partial charge in [-0.1, -0.05) is 30.3 Å². The van der Waals surface area contributed by atoms with Crippen molar-refractivity contribution >= 4 is 22.7 Å². The molecule has 7 heteroatoms. The first-order valence-electron chi connectivity index (χ1n) is 9.15. The van der Waals surface area contributed by atoms with Gasteiger partial charge in [-0.05, 0) is 32.1 Å². The molecule has 0 aliphatic rings. The van der Waals surface area contributed by atoms with Crippen LogP contribution in [0.15, 0.2) is 42.5 Å². The third-order valence-electron chi connectivity index (χ3n) is 4.77. The van der Waals surface area contributed by atoms with Gasteiger partial charge in [0.05, 0.1) is 19.7 Å². The lowest BCUT2D eigenvalue weighted by molar-refractivity contribution is 0.303. The second-order valence-corrected chi connectivity index (χ2v) is 6.84. The van der Waals surface area contributed by atoms with Crippen molar-refractivity contribution in [1.82, 2.24) is 14.9 Å². The molecule has 1 unspecified atom stereocenters. The van der Waals surface area contributed by atoms with Gasteiger partial charge >= 0.3 is 0 Å². The Bertz CT molecular complexity index is 931. The van der Waals surface area contributed by atoms with Crippen molar-refractivity contribution in [1.29, 1.82) is 0 Å². The van der Waals surface area contributed by atoms with Crippen molar-refractivity contribution in [3.63, 3.8) is 0 Å². The van der Waals surface area contributed by atoms with Crippen LogP contribution in [-0.4, -0.2) is 55.8 Å². The topological polar surface area (TPSA) is 85.5 Å².